The second kappa shape index (κ2) is 15.5. The lowest BCUT2D eigenvalue weighted by molar-refractivity contribution is -0.357. The molecule has 5 saturated heterocycles. The van der Waals surface area contributed by atoms with Gasteiger partial charge in [0.05, 0.1) is 37.4 Å². The van der Waals surface area contributed by atoms with Crippen molar-refractivity contribution in [1.82, 2.24) is 0 Å². The number of fused-ring (bicyclic) bond motifs is 3. The van der Waals surface area contributed by atoms with E-state index in [2.05, 4.69) is 0 Å². The van der Waals surface area contributed by atoms with E-state index in [1.807, 2.05) is 37.3 Å². The normalized spacial score (nSPS) is 45.9. The zero-order valence-electron chi connectivity index (χ0n) is 30.6. The topological polar surface area (TPSA) is 218 Å². The fourth-order valence-corrected chi connectivity index (χ4v) is 8.54. The molecule has 5 aliphatic heterocycles. The third-order valence-corrected chi connectivity index (χ3v) is 11.7. The molecule has 6 fully saturated rings. The molecule has 0 amide bonds. The highest BCUT2D eigenvalue weighted by molar-refractivity contribution is 5.87. The summed E-state index contributed by atoms with van der Waals surface area (Å²) in [6.45, 7) is 6.73. The van der Waals surface area contributed by atoms with Crippen LogP contribution >= 0.6 is 0 Å². The van der Waals surface area contributed by atoms with E-state index in [1.165, 1.54) is 19.9 Å². The highest BCUT2D eigenvalue weighted by Crippen LogP contribution is 2.62. The molecule has 4 N–H and O–H groups in total. The number of aliphatic hydroxyl groups excluding tert-OH is 4. The molecule has 16 nitrogen and oxygen atoms in total. The van der Waals surface area contributed by atoms with E-state index in [1.54, 1.807) is 6.08 Å². The van der Waals surface area contributed by atoms with Crippen molar-refractivity contribution in [2.75, 3.05) is 13.2 Å². The van der Waals surface area contributed by atoms with Crippen LogP contribution in [0.4, 0.5) is 0 Å². The average molecular weight is 763 g/mol. The van der Waals surface area contributed by atoms with E-state index in [9.17, 15) is 34.8 Å². The van der Waals surface area contributed by atoms with Crippen LogP contribution in [0.2, 0.25) is 0 Å². The molecule has 6 aliphatic rings. The highest BCUT2D eigenvalue weighted by Gasteiger charge is 2.76. The summed E-state index contributed by atoms with van der Waals surface area (Å²) in [6.07, 6.45) is -10.5. The first-order valence-corrected chi connectivity index (χ1v) is 18.7. The van der Waals surface area contributed by atoms with E-state index in [0.717, 1.165) is 12.5 Å². The van der Waals surface area contributed by atoms with Crippen LogP contribution in [0, 0.1) is 17.8 Å². The number of hydrogen-bond donors (Lipinski definition) is 4. The van der Waals surface area contributed by atoms with E-state index >= 15 is 0 Å². The Balaban J connectivity index is 1.03. The van der Waals surface area contributed by atoms with Crippen LogP contribution in [-0.4, -0.2) is 137 Å². The van der Waals surface area contributed by atoms with E-state index in [-0.39, 0.29) is 31.3 Å². The van der Waals surface area contributed by atoms with Gasteiger partial charge in [-0.3, -0.25) is 9.59 Å². The molecule has 298 valence electrons. The molecule has 1 aliphatic carbocycles. The second-order valence-electron chi connectivity index (χ2n) is 15.4. The lowest BCUT2D eigenvalue weighted by Crippen LogP contribution is -2.64. The van der Waals surface area contributed by atoms with Gasteiger partial charge in [0.2, 0.25) is 12.1 Å². The van der Waals surface area contributed by atoms with Crippen LogP contribution in [0.1, 0.15) is 58.9 Å². The minimum Gasteiger partial charge on any atom is -0.459 e. The summed E-state index contributed by atoms with van der Waals surface area (Å²) in [6, 6.07) is 9.43. The van der Waals surface area contributed by atoms with Crippen molar-refractivity contribution < 1.29 is 77.4 Å². The fourth-order valence-electron chi connectivity index (χ4n) is 8.54. The zero-order chi connectivity index (χ0) is 38.5. The van der Waals surface area contributed by atoms with Crippen molar-refractivity contribution in [2.45, 2.75) is 138 Å². The maximum absolute atomic E-state index is 13.9. The number of ether oxygens (including phenoxy) is 9. The maximum atomic E-state index is 13.9. The van der Waals surface area contributed by atoms with Gasteiger partial charge in [-0.25, -0.2) is 4.79 Å². The Morgan fingerprint density at radius 3 is 2.24 bits per heavy atom. The third kappa shape index (κ3) is 7.45. The summed E-state index contributed by atoms with van der Waals surface area (Å²) in [5.74, 6) is -3.93. The molecule has 1 saturated carbocycles. The van der Waals surface area contributed by atoms with Gasteiger partial charge < -0.3 is 63.1 Å². The lowest BCUT2D eigenvalue weighted by atomic mass is 9.72. The number of hydrogen-bond acceptors (Lipinski definition) is 16. The average Bonchev–Trinajstić information content (AvgIpc) is 3.92. The molecule has 5 heterocycles. The summed E-state index contributed by atoms with van der Waals surface area (Å²) in [5, 5.41) is 42.1. The van der Waals surface area contributed by atoms with E-state index in [4.69, 9.17) is 42.6 Å². The van der Waals surface area contributed by atoms with Gasteiger partial charge in [-0.2, -0.15) is 0 Å². The van der Waals surface area contributed by atoms with Crippen molar-refractivity contribution in [3.8, 4) is 0 Å². The van der Waals surface area contributed by atoms with Crippen molar-refractivity contribution in [2.24, 2.45) is 17.8 Å². The molecule has 2 spiro atoms. The lowest BCUT2D eigenvalue weighted by Gasteiger charge is -2.46. The van der Waals surface area contributed by atoms with Crippen molar-refractivity contribution in [3.63, 3.8) is 0 Å². The van der Waals surface area contributed by atoms with Crippen LogP contribution in [0.15, 0.2) is 36.4 Å². The first kappa shape index (κ1) is 39.2. The van der Waals surface area contributed by atoms with Gasteiger partial charge in [0.25, 0.3) is 0 Å². The van der Waals surface area contributed by atoms with Gasteiger partial charge in [-0.05, 0) is 44.7 Å². The molecule has 0 aromatic heterocycles. The number of aliphatic hydroxyl groups is 4. The van der Waals surface area contributed by atoms with Crippen LogP contribution in [-0.2, 0) is 57.0 Å². The van der Waals surface area contributed by atoms with Crippen LogP contribution in [0.3, 0.4) is 0 Å². The van der Waals surface area contributed by atoms with Crippen molar-refractivity contribution >= 4 is 24.0 Å². The van der Waals surface area contributed by atoms with Crippen LogP contribution < -0.4 is 0 Å². The number of carbonyl (C=O) groups is 3. The number of epoxide rings is 1. The molecule has 54 heavy (non-hydrogen) atoms. The smallest absolute Gasteiger partial charge is 0.331 e. The molecular formula is C38H50O16. The molecule has 7 rings (SSSR count). The van der Waals surface area contributed by atoms with Gasteiger partial charge in [0.1, 0.15) is 30.5 Å². The fraction of sp³-hybridized carbons (Fsp3) is 0.711. The summed E-state index contributed by atoms with van der Waals surface area (Å²) < 4.78 is 53.9. The molecule has 16 heteroatoms. The van der Waals surface area contributed by atoms with Gasteiger partial charge in [0.15, 0.2) is 24.1 Å². The largest absolute Gasteiger partial charge is 0.459 e. The molecule has 17 atom stereocenters. The summed E-state index contributed by atoms with van der Waals surface area (Å²) in [7, 11) is 0. The number of esters is 3. The Morgan fingerprint density at radius 1 is 0.833 bits per heavy atom. The Labute approximate surface area is 312 Å². The Morgan fingerprint density at radius 2 is 1.54 bits per heavy atom. The van der Waals surface area contributed by atoms with E-state index in [0.29, 0.717) is 19.4 Å². The molecule has 1 aromatic carbocycles. The van der Waals surface area contributed by atoms with Crippen LogP contribution in [0.5, 0.6) is 0 Å². The summed E-state index contributed by atoms with van der Waals surface area (Å²) in [4.78, 5) is 38.9. The predicted molar refractivity (Wildman–Crippen MR) is 181 cm³/mol. The highest BCUT2D eigenvalue weighted by atomic mass is 16.8. The Hall–Kier alpha value is -3.03. The number of benzene rings is 1. The first-order chi connectivity index (χ1) is 25.7. The molecule has 0 bridgehead atoms. The maximum Gasteiger partial charge on any atom is 0.331 e. The van der Waals surface area contributed by atoms with Gasteiger partial charge in [-0.15, -0.1) is 0 Å². The molecule has 0 radical (unpaired) electrons. The minimum atomic E-state index is -1.74. The number of carbonyl (C=O) groups excluding carboxylic acids is 3. The van der Waals surface area contributed by atoms with Gasteiger partial charge in [-0.1, -0.05) is 37.3 Å². The van der Waals surface area contributed by atoms with Crippen molar-refractivity contribution in [1.29, 1.82) is 0 Å². The van der Waals surface area contributed by atoms with Gasteiger partial charge >= 0.3 is 17.9 Å². The standard InChI is InChI=1S/C38H50O16/c1-18-16-46-38(15-26(18)51-27(40)13-10-22-8-6-5-7-9-22)37(17-47-37)24-12-11-23(14-25(24)54-38)34(45)53-36-33(32(50-21(4)39)29(42)20(3)49-36)52-35-31(44)30(43)28(41)19(2)48-35/h5-10,13,18-20,23-26,28-33,35-36,41-44H,11-12,14-17H2,1-4H3/b13-10-/t18-,19-,20+,23-,24-,25+,26+,28+,29-,30+,31+,32-,33-,35+,36-,37-,38-/m1/s1. The third-order valence-electron chi connectivity index (χ3n) is 11.7. The molecule has 0 unspecified atom stereocenters. The SMILES string of the molecule is CC(=O)O[C@@H]1[C@H](O)[C@H](C)O[C@H](OC(=O)[C@@H]2CC[C@@H]3[C@H](C2)O[C@]2(C[C@H](OC(=O)/C=C\c4ccccc4)[C@H](C)CO2)[C@@]32CO2)[C@@H]1O[C@@H]1O[C@H](C)[C@H](O)[C@H](O)[C@@H]1O. The zero-order valence-corrected chi connectivity index (χ0v) is 30.6. The first-order valence-electron chi connectivity index (χ1n) is 18.7. The minimum absolute atomic E-state index is 0.0940. The summed E-state index contributed by atoms with van der Waals surface area (Å²) in [5.41, 5.74) is 0.121. The second-order valence-corrected chi connectivity index (χ2v) is 15.4. The molecular weight excluding hydrogens is 712 g/mol. The number of rotatable bonds is 8. The van der Waals surface area contributed by atoms with Crippen LogP contribution in [0.25, 0.3) is 6.08 Å². The summed E-state index contributed by atoms with van der Waals surface area (Å²) >= 11 is 0. The van der Waals surface area contributed by atoms with Crippen molar-refractivity contribution in [3.05, 3.63) is 42.0 Å². The van der Waals surface area contributed by atoms with E-state index < -0.39 is 109 Å². The molecule has 1 aromatic rings. The Bertz CT molecular complexity index is 1550. The monoisotopic (exact) mass is 762 g/mol. The predicted octanol–water partition coefficient (Wildman–Crippen LogP) is 0.742. The Kier molecular flexibility index (Phi) is 11.2. The van der Waals surface area contributed by atoms with Gasteiger partial charge in [0, 0.05) is 31.3 Å². The quantitative estimate of drug-likeness (QED) is 0.124.